The summed E-state index contributed by atoms with van der Waals surface area (Å²) in [7, 11) is 0. The summed E-state index contributed by atoms with van der Waals surface area (Å²) in [4.78, 5) is 17.1. The van der Waals surface area contributed by atoms with Crippen LogP contribution in [0.25, 0.3) is 11.1 Å². The van der Waals surface area contributed by atoms with Gasteiger partial charge in [0, 0.05) is 43.1 Å². The van der Waals surface area contributed by atoms with E-state index in [1.54, 1.807) is 0 Å². The number of benzene rings is 1. The Kier molecular flexibility index (Phi) is 8.69. The third-order valence-corrected chi connectivity index (χ3v) is 5.77. The lowest BCUT2D eigenvalue weighted by Gasteiger charge is -2.23. The Labute approximate surface area is 196 Å². The van der Waals surface area contributed by atoms with Crippen molar-refractivity contribution in [3.8, 4) is 17.0 Å². The highest BCUT2D eigenvalue weighted by atomic mass is 16.5. The number of nitrogens with zero attached hydrogens (tertiary/aromatic N) is 1. The van der Waals surface area contributed by atoms with Crippen molar-refractivity contribution in [3.63, 3.8) is 0 Å². The fraction of sp³-hybridized carbons (Fsp3) is 0.538. The lowest BCUT2D eigenvalue weighted by Crippen LogP contribution is -2.31. The Bertz CT molecular complexity index is 934. The first-order valence-corrected chi connectivity index (χ1v) is 11.7. The first kappa shape index (κ1) is 25.0. The Morgan fingerprint density at radius 1 is 1.21 bits per heavy atom. The lowest BCUT2D eigenvalue weighted by atomic mass is 9.92. The first-order valence-electron chi connectivity index (χ1n) is 11.7. The zero-order valence-corrected chi connectivity index (χ0v) is 20.2. The number of carbonyl (C=O) groups is 1. The second kappa shape index (κ2) is 11.5. The van der Waals surface area contributed by atoms with Crippen molar-refractivity contribution >= 4 is 11.7 Å². The molecule has 7 nitrogen and oxygen atoms in total. The van der Waals surface area contributed by atoms with Crippen LogP contribution in [0.2, 0.25) is 0 Å². The van der Waals surface area contributed by atoms with E-state index >= 15 is 0 Å². The lowest BCUT2D eigenvalue weighted by molar-refractivity contribution is 0.0843. The topological polar surface area (TPSA) is 92.7 Å². The number of amides is 2. The van der Waals surface area contributed by atoms with Crippen molar-refractivity contribution in [3.05, 3.63) is 41.6 Å². The molecule has 0 aliphatic carbocycles. The molecular formula is C26H37N3O4. The van der Waals surface area contributed by atoms with Gasteiger partial charge in [0.2, 0.25) is 5.88 Å². The van der Waals surface area contributed by atoms with Crippen molar-refractivity contribution in [2.24, 2.45) is 5.41 Å². The summed E-state index contributed by atoms with van der Waals surface area (Å²) in [5.74, 6) is 0.811. The molecule has 0 unspecified atom stereocenters. The van der Waals surface area contributed by atoms with Gasteiger partial charge >= 0.3 is 6.03 Å². The Hall–Kier alpha value is -2.64. The van der Waals surface area contributed by atoms with Crippen molar-refractivity contribution < 1.29 is 19.4 Å². The van der Waals surface area contributed by atoms with Crippen LogP contribution in [-0.2, 0) is 4.74 Å². The monoisotopic (exact) mass is 455 g/mol. The van der Waals surface area contributed by atoms with Gasteiger partial charge in [-0.1, -0.05) is 26.8 Å². The number of aliphatic hydroxyl groups is 1. The van der Waals surface area contributed by atoms with Crippen molar-refractivity contribution in [2.45, 2.75) is 52.9 Å². The minimum absolute atomic E-state index is 0.0682. The van der Waals surface area contributed by atoms with E-state index in [-0.39, 0.29) is 24.7 Å². The molecule has 2 aromatic rings. The number of nitrogens with one attached hydrogen (secondary N) is 2. The number of aliphatic hydroxyl groups excluding tert-OH is 1. The number of pyridine rings is 1. The van der Waals surface area contributed by atoms with Crippen LogP contribution >= 0.6 is 0 Å². The number of carbonyl (C=O) groups excluding carboxylic acids is 1. The highest BCUT2D eigenvalue weighted by Gasteiger charge is 2.20. The third-order valence-electron chi connectivity index (χ3n) is 5.77. The number of aryl methyl sites for hydroxylation is 1. The van der Waals surface area contributed by atoms with Crippen LogP contribution in [0.1, 0.15) is 57.2 Å². The summed E-state index contributed by atoms with van der Waals surface area (Å²) in [6.07, 6.45) is 2.75. The van der Waals surface area contributed by atoms with Gasteiger partial charge < -0.3 is 25.2 Å². The fourth-order valence-electron chi connectivity index (χ4n) is 3.85. The number of rotatable bonds is 8. The van der Waals surface area contributed by atoms with E-state index in [9.17, 15) is 9.90 Å². The number of aromatic nitrogens is 1. The van der Waals surface area contributed by atoms with E-state index in [2.05, 4.69) is 37.5 Å². The molecule has 0 radical (unpaired) electrons. The van der Waals surface area contributed by atoms with Gasteiger partial charge in [-0.3, -0.25) is 0 Å². The summed E-state index contributed by atoms with van der Waals surface area (Å²) in [6.45, 7) is 10.7. The molecule has 1 aromatic heterocycles. The second-order valence-corrected chi connectivity index (χ2v) is 9.80. The van der Waals surface area contributed by atoms with Gasteiger partial charge in [0.25, 0.3) is 0 Å². The molecule has 0 spiro atoms. The number of ether oxygens (including phenoxy) is 2. The zero-order chi connectivity index (χ0) is 23.8. The molecule has 2 heterocycles. The predicted octanol–water partition coefficient (Wildman–Crippen LogP) is 4.88. The van der Waals surface area contributed by atoms with E-state index in [1.807, 2.05) is 31.2 Å². The summed E-state index contributed by atoms with van der Waals surface area (Å²) in [5, 5.41) is 15.1. The Morgan fingerprint density at radius 2 is 1.97 bits per heavy atom. The number of anilines is 1. The minimum Gasteiger partial charge on any atom is -0.475 e. The fourth-order valence-corrected chi connectivity index (χ4v) is 3.85. The quantitative estimate of drug-likeness (QED) is 0.528. The van der Waals surface area contributed by atoms with Crippen LogP contribution < -0.4 is 15.4 Å². The standard InChI is InChI=1S/C26H37N3O4/c1-18-5-6-21(28-25(31)27-10-9-26(2,3)4)17-22(18)20-15-23(19-7-12-32-13-8-19)29-24(16-20)33-14-11-30/h5-6,15-17,19,30H,7-14H2,1-4H3,(H2,27,28,31). The summed E-state index contributed by atoms with van der Waals surface area (Å²) in [5.41, 5.74) is 4.95. The molecular weight excluding hydrogens is 418 g/mol. The first-order chi connectivity index (χ1) is 15.7. The van der Waals surface area contributed by atoms with Crippen LogP contribution in [0.5, 0.6) is 5.88 Å². The maximum Gasteiger partial charge on any atom is 0.319 e. The molecule has 0 bridgehead atoms. The molecule has 0 atom stereocenters. The number of urea groups is 1. The average Bonchev–Trinajstić information content (AvgIpc) is 2.78. The number of hydrogen-bond acceptors (Lipinski definition) is 5. The predicted molar refractivity (Wildman–Crippen MR) is 131 cm³/mol. The highest BCUT2D eigenvalue weighted by Crippen LogP contribution is 2.34. The van der Waals surface area contributed by atoms with E-state index in [0.29, 0.717) is 18.3 Å². The van der Waals surface area contributed by atoms with E-state index in [1.165, 1.54) is 0 Å². The molecule has 1 saturated heterocycles. The van der Waals surface area contributed by atoms with E-state index in [4.69, 9.17) is 14.5 Å². The number of hydrogen-bond donors (Lipinski definition) is 3. The van der Waals surface area contributed by atoms with Gasteiger partial charge in [-0.15, -0.1) is 0 Å². The maximum absolute atomic E-state index is 12.4. The van der Waals surface area contributed by atoms with Crippen LogP contribution in [0.4, 0.5) is 10.5 Å². The molecule has 1 fully saturated rings. The molecule has 180 valence electrons. The van der Waals surface area contributed by atoms with Crippen LogP contribution in [0, 0.1) is 12.3 Å². The van der Waals surface area contributed by atoms with Gasteiger partial charge in [-0.2, -0.15) is 0 Å². The molecule has 3 rings (SSSR count). The van der Waals surface area contributed by atoms with Crippen molar-refractivity contribution in [1.29, 1.82) is 0 Å². The molecule has 2 amide bonds. The smallest absolute Gasteiger partial charge is 0.319 e. The van der Waals surface area contributed by atoms with Crippen molar-refractivity contribution in [1.82, 2.24) is 10.3 Å². The zero-order valence-electron chi connectivity index (χ0n) is 20.2. The maximum atomic E-state index is 12.4. The van der Waals surface area contributed by atoms with E-state index < -0.39 is 0 Å². The third kappa shape index (κ3) is 7.72. The Balaban J connectivity index is 1.82. The normalized spacial score (nSPS) is 14.7. The SMILES string of the molecule is Cc1ccc(NC(=O)NCCC(C)(C)C)cc1-c1cc(OCCO)nc(C2CCOCC2)c1. The van der Waals surface area contributed by atoms with Crippen molar-refractivity contribution in [2.75, 3.05) is 38.3 Å². The van der Waals surface area contributed by atoms with Gasteiger partial charge in [0.15, 0.2) is 0 Å². The molecule has 1 aliphatic heterocycles. The van der Waals surface area contributed by atoms with Gasteiger partial charge in [-0.05, 0) is 66.5 Å². The van der Waals surface area contributed by atoms with Crippen LogP contribution in [0.3, 0.4) is 0 Å². The molecule has 7 heteroatoms. The Morgan fingerprint density at radius 3 is 2.67 bits per heavy atom. The molecule has 1 aliphatic rings. The van der Waals surface area contributed by atoms with Crippen LogP contribution in [0.15, 0.2) is 30.3 Å². The molecule has 1 aromatic carbocycles. The van der Waals surface area contributed by atoms with Gasteiger partial charge in [0.1, 0.15) is 6.61 Å². The molecule has 33 heavy (non-hydrogen) atoms. The largest absolute Gasteiger partial charge is 0.475 e. The summed E-state index contributed by atoms with van der Waals surface area (Å²) >= 11 is 0. The second-order valence-electron chi connectivity index (χ2n) is 9.80. The highest BCUT2D eigenvalue weighted by molar-refractivity contribution is 5.90. The average molecular weight is 456 g/mol. The summed E-state index contributed by atoms with van der Waals surface area (Å²) in [6, 6.07) is 9.69. The van der Waals surface area contributed by atoms with Gasteiger partial charge in [0.05, 0.1) is 6.61 Å². The summed E-state index contributed by atoms with van der Waals surface area (Å²) < 4.78 is 11.2. The minimum atomic E-state index is -0.210. The van der Waals surface area contributed by atoms with Gasteiger partial charge in [-0.25, -0.2) is 9.78 Å². The molecule has 3 N–H and O–H groups in total. The molecule has 0 saturated carbocycles. The van der Waals surface area contributed by atoms with E-state index in [0.717, 1.165) is 60.5 Å². The van der Waals surface area contributed by atoms with Crippen LogP contribution in [-0.4, -0.2) is 49.1 Å².